The van der Waals surface area contributed by atoms with Gasteiger partial charge in [-0.3, -0.25) is 0 Å². The minimum absolute atomic E-state index is 0.476. The fourth-order valence-electron chi connectivity index (χ4n) is 2.92. The summed E-state index contributed by atoms with van der Waals surface area (Å²) in [7, 11) is 0. The van der Waals surface area contributed by atoms with Crippen LogP contribution in [0.25, 0.3) is 0 Å². The van der Waals surface area contributed by atoms with Crippen LogP contribution in [0.5, 0.6) is 0 Å². The Bertz CT molecular complexity index is 164. The van der Waals surface area contributed by atoms with E-state index in [4.69, 9.17) is 5.73 Å². The lowest BCUT2D eigenvalue weighted by molar-refractivity contribution is 0.239. The molecule has 0 aromatic heterocycles. The van der Waals surface area contributed by atoms with E-state index in [0.717, 1.165) is 5.92 Å². The number of hydrogen-bond donors (Lipinski definition) is 1. The fraction of sp³-hybridized carbons (Fsp3) is 1.00. The first kappa shape index (κ1) is 10.4. The molecule has 2 nitrogen and oxygen atoms in total. The van der Waals surface area contributed by atoms with E-state index in [1.54, 1.807) is 0 Å². The van der Waals surface area contributed by atoms with Crippen LogP contribution in [-0.4, -0.2) is 30.6 Å². The Hall–Kier alpha value is -0.0800. The van der Waals surface area contributed by atoms with E-state index in [1.807, 2.05) is 0 Å². The molecular weight excluding hydrogens is 172 g/mol. The number of likely N-dealkylation sites (tertiary alicyclic amines) is 1. The highest BCUT2D eigenvalue weighted by atomic mass is 15.1. The third-order valence-electron chi connectivity index (χ3n) is 3.86. The summed E-state index contributed by atoms with van der Waals surface area (Å²) in [6, 6.07) is 0.476. The molecule has 1 heterocycles. The Labute approximate surface area is 87.8 Å². The van der Waals surface area contributed by atoms with Crippen LogP contribution < -0.4 is 5.73 Å². The van der Waals surface area contributed by atoms with Gasteiger partial charge in [0.2, 0.25) is 0 Å². The molecule has 0 spiro atoms. The van der Waals surface area contributed by atoms with E-state index in [-0.39, 0.29) is 0 Å². The second kappa shape index (κ2) is 5.13. The highest BCUT2D eigenvalue weighted by Crippen LogP contribution is 2.26. The van der Waals surface area contributed by atoms with Crippen molar-refractivity contribution in [3.63, 3.8) is 0 Å². The predicted molar refractivity (Wildman–Crippen MR) is 60.2 cm³/mol. The van der Waals surface area contributed by atoms with Crippen LogP contribution >= 0.6 is 0 Å². The molecule has 0 amide bonds. The maximum absolute atomic E-state index is 5.98. The average Bonchev–Trinajstić information content (AvgIpc) is 2.58. The Kier molecular flexibility index (Phi) is 3.82. The largest absolute Gasteiger partial charge is 0.328 e. The quantitative estimate of drug-likeness (QED) is 0.732. The van der Waals surface area contributed by atoms with Gasteiger partial charge < -0.3 is 10.6 Å². The standard InChI is InChI=1S/C12H24N2/c13-12-6-3-8-14(9-7-12)10-11-4-1-2-5-11/h11-12H,1-10,13H2. The van der Waals surface area contributed by atoms with Gasteiger partial charge in [-0.1, -0.05) is 12.8 Å². The van der Waals surface area contributed by atoms with Crippen LogP contribution in [0, 0.1) is 5.92 Å². The van der Waals surface area contributed by atoms with Crippen molar-refractivity contribution in [2.75, 3.05) is 19.6 Å². The zero-order valence-corrected chi connectivity index (χ0v) is 9.25. The molecule has 0 aromatic rings. The highest BCUT2D eigenvalue weighted by Gasteiger charge is 2.20. The van der Waals surface area contributed by atoms with Gasteiger partial charge in [-0.2, -0.15) is 0 Å². The van der Waals surface area contributed by atoms with Crippen molar-refractivity contribution in [3.05, 3.63) is 0 Å². The smallest absolute Gasteiger partial charge is 0.00514 e. The minimum Gasteiger partial charge on any atom is -0.328 e. The van der Waals surface area contributed by atoms with Gasteiger partial charge in [0.05, 0.1) is 0 Å². The molecule has 1 aliphatic carbocycles. The Morgan fingerprint density at radius 2 is 1.71 bits per heavy atom. The molecule has 2 fully saturated rings. The van der Waals surface area contributed by atoms with Crippen molar-refractivity contribution >= 4 is 0 Å². The number of rotatable bonds is 2. The van der Waals surface area contributed by atoms with E-state index in [0.29, 0.717) is 6.04 Å². The molecule has 1 saturated heterocycles. The molecule has 2 heteroatoms. The first-order valence-electron chi connectivity index (χ1n) is 6.32. The first-order chi connectivity index (χ1) is 6.84. The van der Waals surface area contributed by atoms with Crippen molar-refractivity contribution in [2.45, 2.75) is 51.0 Å². The van der Waals surface area contributed by atoms with E-state index in [1.165, 1.54) is 64.6 Å². The van der Waals surface area contributed by atoms with Crippen LogP contribution in [-0.2, 0) is 0 Å². The fourth-order valence-corrected chi connectivity index (χ4v) is 2.92. The molecule has 1 aliphatic heterocycles. The van der Waals surface area contributed by atoms with Gasteiger partial charge in [-0.25, -0.2) is 0 Å². The molecule has 1 unspecified atom stereocenters. The SMILES string of the molecule is NC1CCCN(CC2CCCC2)CC1. The predicted octanol–water partition coefficient (Wildman–Crippen LogP) is 1.99. The lowest BCUT2D eigenvalue weighted by atomic mass is 10.1. The summed E-state index contributed by atoms with van der Waals surface area (Å²) >= 11 is 0. The van der Waals surface area contributed by atoms with Crippen LogP contribution in [0.1, 0.15) is 44.9 Å². The Morgan fingerprint density at radius 1 is 0.929 bits per heavy atom. The average molecular weight is 196 g/mol. The second-order valence-corrected chi connectivity index (χ2v) is 5.14. The molecule has 0 bridgehead atoms. The summed E-state index contributed by atoms with van der Waals surface area (Å²) in [6.45, 7) is 3.90. The summed E-state index contributed by atoms with van der Waals surface area (Å²) in [5.41, 5.74) is 5.98. The Balaban J connectivity index is 1.73. The topological polar surface area (TPSA) is 29.3 Å². The molecule has 0 aromatic carbocycles. The van der Waals surface area contributed by atoms with Gasteiger partial charge in [0, 0.05) is 12.6 Å². The van der Waals surface area contributed by atoms with Gasteiger partial charge in [0.15, 0.2) is 0 Å². The third-order valence-corrected chi connectivity index (χ3v) is 3.86. The van der Waals surface area contributed by atoms with E-state index in [9.17, 15) is 0 Å². The number of nitrogens with two attached hydrogens (primary N) is 1. The van der Waals surface area contributed by atoms with Crippen molar-refractivity contribution in [3.8, 4) is 0 Å². The van der Waals surface area contributed by atoms with Crippen molar-refractivity contribution < 1.29 is 0 Å². The monoisotopic (exact) mass is 196 g/mol. The van der Waals surface area contributed by atoms with Crippen LogP contribution in [0.2, 0.25) is 0 Å². The lowest BCUT2D eigenvalue weighted by Gasteiger charge is -2.23. The molecule has 2 rings (SSSR count). The molecular formula is C12H24N2. The normalized spacial score (nSPS) is 31.9. The van der Waals surface area contributed by atoms with Crippen LogP contribution in [0.3, 0.4) is 0 Å². The van der Waals surface area contributed by atoms with Crippen LogP contribution in [0.15, 0.2) is 0 Å². The van der Waals surface area contributed by atoms with Crippen molar-refractivity contribution in [1.82, 2.24) is 4.90 Å². The third kappa shape index (κ3) is 2.96. The van der Waals surface area contributed by atoms with Gasteiger partial charge >= 0.3 is 0 Å². The summed E-state index contributed by atoms with van der Waals surface area (Å²) < 4.78 is 0. The van der Waals surface area contributed by atoms with E-state index >= 15 is 0 Å². The molecule has 2 N–H and O–H groups in total. The molecule has 1 atom stereocenters. The molecule has 14 heavy (non-hydrogen) atoms. The summed E-state index contributed by atoms with van der Waals surface area (Å²) in [6.07, 6.45) is 9.66. The number of hydrogen-bond acceptors (Lipinski definition) is 2. The zero-order valence-electron chi connectivity index (χ0n) is 9.25. The maximum Gasteiger partial charge on any atom is 0.00514 e. The van der Waals surface area contributed by atoms with Gasteiger partial charge in [-0.15, -0.1) is 0 Å². The Morgan fingerprint density at radius 3 is 2.50 bits per heavy atom. The van der Waals surface area contributed by atoms with Crippen LogP contribution in [0.4, 0.5) is 0 Å². The van der Waals surface area contributed by atoms with E-state index in [2.05, 4.69) is 4.90 Å². The highest BCUT2D eigenvalue weighted by molar-refractivity contribution is 4.76. The van der Waals surface area contributed by atoms with Gasteiger partial charge in [-0.05, 0) is 51.1 Å². The summed E-state index contributed by atoms with van der Waals surface area (Å²) in [5, 5.41) is 0. The molecule has 82 valence electrons. The summed E-state index contributed by atoms with van der Waals surface area (Å²) in [5.74, 6) is 1.00. The summed E-state index contributed by atoms with van der Waals surface area (Å²) in [4.78, 5) is 2.66. The van der Waals surface area contributed by atoms with Crippen molar-refractivity contribution in [2.24, 2.45) is 11.7 Å². The minimum atomic E-state index is 0.476. The molecule has 1 saturated carbocycles. The van der Waals surface area contributed by atoms with Crippen molar-refractivity contribution in [1.29, 1.82) is 0 Å². The van der Waals surface area contributed by atoms with Gasteiger partial charge in [0.1, 0.15) is 0 Å². The lowest BCUT2D eigenvalue weighted by Crippen LogP contribution is -2.30. The first-order valence-corrected chi connectivity index (χ1v) is 6.32. The zero-order chi connectivity index (χ0) is 9.80. The molecule has 0 radical (unpaired) electrons. The van der Waals surface area contributed by atoms with E-state index < -0.39 is 0 Å². The second-order valence-electron chi connectivity index (χ2n) is 5.14. The number of nitrogens with zero attached hydrogens (tertiary/aromatic N) is 1. The maximum atomic E-state index is 5.98. The van der Waals surface area contributed by atoms with Gasteiger partial charge in [0.25, 0.3) is 0 Å². The molecule has 2 aliphatic rings.